The largest absolute Gasteiger partial charge is 0.493 e. The summed E-state index contributed by atoms with van der Waals surface area (Å²) >= 11 is 0. The van der Waals surface area contributed by atoms with Gasteiger partial charge < -0.3 is 20.5 Å². The molecule has 3 N–H and O–H groups in total. The first-order chi connectivity index (χ1) is 14.1. The summed E-state index contributed by atoms with van der Waals surface area (Å²) in [4.78, 5) is 24.5. The standard InChI is InChI=1S/C23H22N2O4/c1-28-20-14-18(12-13-19(20)29-15-16-8-4-2-5-9-16)23(27)25-21(22(24)26)17-10-6-3-7-11-17/h2-14,21H,15H2,1H3,(H2,24,26)(H,25,27)/t21-/m1/s1. The van der Waals surface area contributed by atoms with E-state index in [2.05, 4.69) is 5.32 Å². The molecule has 29 heavy (non-hydrogen) atoms. The summed E-state index contributed by atoms with van der Waals surface area (Å²) in [6.07, 6.45) is 0. The number of ether oxygens (including phenoxy) is 2. The highest BCUT2D eigenvalue weighted by molar-refractivity contribution is 5.98. The van der Waals surface area contributed by atoms with Gasteiger partial charge in [-0.1, -0.05) is 60.7 Å². The van der Waals surface area contributed by atoms with Crippen molar-refractivity contribution in [2.75, 3.05) is 7.11 Å². The Kier molecular flexibility index (Phi) is 6.47. The van der Waals surface area contributed by atoms with Crippen LogP contribution in [0.4, 0.5) is 0 Å². The third kappa shape index (κ3) is 5.13. The summed E-state index contributed by atoms with van der Waals surface area (Å²) in [5, 5.41) is 2.67. The second-order valence-electron chi connectivity index (χ2n) is 6.36. The molecule has 0 radical (unpaired) electrons. The summed E-state index contributed by atoms with van der Waals surface area (Å²) in [6, 6.07) is 22.5. The van der Waals surface area contributed by atoms with Crippen molar-refractivity contribution in [1.82, 2.24) is 5.32 Å². The zero-order valence-corrected chi connectivity index (χ0v) is 16.0. The number of hydrogen-bond acceptors (Lipinski definition) is 4. The lowest BCUT2D eigenvalue weighted by molar-refractivity contribution is -0.120. The third-order valence-electron chi connectivity index (χ3n) is 4.36. The van der Waals surface area contributed by atoms with Crippen LogP contribution in [0.2, 0.25) is 0 Å². The zero-order valence-electron chi connectivity index (χ0n) is 16.0. The Hall–Kier alpha value is -3.80. The van der Waals surface area contributed by atoms with Crippen molar-refractivity contribution < 1.29 is 19.1 Å². The molecule has 0 unspecified atom stereocenters. The number of amides is 2. The van der Waals surface area contributed by atoms with Crippen molar-refractivity contribution in [3.8, 4) is 11.5 Å². The second kappa shape index (κ2) is 9.41. The number of benzene rings is 3. The number of methoxy groups -OCH3 is 1. The monoisotopic (exact) mass is 390 g/mol. The van der Waals surface area contributed by atoms with Crippen LogP contribution in [0.3, 0.4) is 0 Å². The molecule has 0 bridgehead atoms. The number of carbonyl (C=O) groups excluding carboxylic acids is 2. The van der Waals surface area contributed by atoms with Crippen molar-refractivity contribution in [2.24, 2.45) is 5.73 Å². The Balaban J connectivity index is 1.74. The summed E-state index contributed by atoms with van der Waals surface area (Å²) in [5.41, 5.74) is 7.43. The Bertz CT molecular complexity index is 975. The maximum atomic E-state index is 12.7. The van der Waals surface area contributed by atoms with Crippen LogP contribution in [-0.4, -0.2) is 18.9 Å². The summed E-state index contributed by atoms with van der Waals surface area (Å²) in [7, 11) is 1.50. The van der Waals surface area contributed by atoms with E-state index in [1.165, 1.54) is 7.11 Å². The van der Waals surface area contributed by atoms with Crippen LogP contribution in [0.25, 0.3) is 0 Å². The molecule has 3 rings (SSSR count). The number of carbonyl (C=O) groups is 2. The number of nitrogens with two attached hydrogens (primary N) is 1. The lowest BCUT2D eigenvalue weighted by Crippen LogP contribution is -2.37. The van der Waals surface area contributed by atoms with Gasteiger partial charge in [-0.25, -0.2) is 0 Å². The van der Waals surface area contributed by atoms with Crippen LogP contribution >= 0.6 is 0 Å². The second-order valence-corrected chi connectivity index (χ2v) is 6.36. The van der Waals surface area contributed by atoms with Crippen molar-refractivity contribution in [3.05, 3.63) is 95.6 Å². The Morgan fingerprint density at radius 1 is 0.931 bits per heavy atom. The van der Waals surface area contributed by atoms with Gasteiger partial charge in [0.1, 0.15) is 12.6 Å². The fourth-order valence-electron chi connectivity index (χ4n) is 2.84. The van der Waals surface area contributed by atoms with Gasteiger partial charge in [-0.3, -0.25) is 9.59 Å². The minimum atomic E-state index is -0.927. The molecule has 0 saturated carbocycles. The molecule has 0 heterocycles. The smallest absolute Gasteiger partial charge is 0.252 e. The van der Waals surface area contributed by atoms with Crippen LogP contribution in [0, 0.1) is 0 Å². The third-order valence-corrected chi connectivity index (χ3v) is 4.36. The molecule has 6 nitrogen and oxygen atoms in total. The van der Waals surface area contributed by atoms with Gasteiger partial charge in [-0.15, -0.1) is 0 Å². The van der Waals surface area contributed by atoms with E-state index in [-0.39, 0.29) is 0 Å². The van der Waals surface area contributed by atoms with Crippen LogP contribution in [0.5, 0.6) is 11.5 Å². The summed E-state index contributed by atoms with van der Waals surface area (Å²) < 4.78 is 11.2. The van der Waals surface area contributed by atoms with E-state index in [0.717, 1.165) is 5.56 Å². The molecule has 3 aromatic carbocycles. The SMILES string of the molecule is COc1cc(C(=O)N[C@@H](C(N)=O)c2ccccc2)ccc1OCc1ccccc1. The molecule has 0 aromatic heterocycles. The minimum Gasteiger partial charge on any atom is -0.493 e. The Labute approximate surface area is 169 Å². The van der Waals surface area contributed by atoms with Gasteiger partial charge in [0.2, 0.25) is 5.91 Å². The molecule has 0 spiro atoms. The molecule has 0 saturated heterocycles. The molecule has 148 valence electrons. The normalized spacial score (nSPS) is 11.3. The summed E-state index contributed by atoms with van der Waals surface area (Å²) in [5.74, 6) is -0.142. The first-order valence-corrected chi connectivity index (χ1v) is 9.08. The van der Waals surface area contributed by atoms with Gasteiger partial charge in [0, 0.05) is 5.56 Å². The first kappa shape index (κ1) is 19.9. The van der Waals surface area contributed by atoms with Gasteiger partial charge in [0.15, 0.2) is 11.5 Å². The van der Waals surface area contributed by atoms with Crippen LogP contribution in [0.1, 0.15) is 27.5 Å². The van der Waals surface area contributed by atoms with Gasteiger partial charge in [0.05, 0.1) is 7.11 Å². The van der Waals surface area contributed by atoms with Crippen LogP contribution < -0.4 is 20.5 Å². The van der Waals surface area contributed by atoms with E-state index in [4.69, 9.17) is 15.2 Å². The van der Waals surface area contributed by atoms with Crippen LogP contribution in [0.15, 0.2) is 78.9 Å². The van der Waals surface area contributed by atoms with E-state index in [9.17, 15) is 9.59 Å². The maximum Gasteiger partial charge on any atom is 0.252 e. The number of rotatable bonds is 8. The van der Waals surface area contributed by atoms with E-state index < -0.39 is 17.9 Å². The zero-order chi connectivity index (χ0) is 20.6. The van der Waals surface area contributed by atoms with E-state index in [1.54, 1.807) is 42.5 Å². The molecule has 3 aromatic rings. The molecular weight excluding hydrogens is 368 g/mol. The average Bonchev–Trinajstić information content (AvgIpc) is 2.76. The Morgan fingerprint density at radius 3 is 2.21 bits per heavy atom. The van der Waals surface area contributed by atoms with Gasteiger partial charge in [-0.2, -0.15) is 0 Å². The average molecular weight is 390 g/mol. The van der Waals surface area contributed by atoms with Crippen LogP contribution in [-0.2, 0) is 11.4 Å². The van der Waals surface area contributed by atoms with Crippen molar-refractivity contribution in [1.29, 1.82) is 0 Å². The highest BCUT2D eigenvalue weighted by atomic mass is 16.5. The summed E-state index contributed by atoms with van der Waals surface area (Å²) in [6.45, 7) is 0.375. The molecular formula is C23H22N2O4. The minimum absolute atomic E-state index is 0.330. The molecule has 0 aliphatic rings. The van der Waals surface area contributed by atoms with Crippen molar-refractivity contribution in [3.63, 3.8) is 0 Å². The quantitative estimate of drug-likeness (QED) is 0.618. The molecule has 0 aliphatic heterocycles. The van der Waals surface area contributed by atoms with Crippen molar-refractivity contribution >= 4 is 11.8 Å². The topological polar surface area (TPSA) is 90.6 Å². The van der Waals surface area contributed by atoms with E-state index in [1.807, 2.05) is 36.4 Å². The molecule has 6 heteroatoms. The maximum absolute atomic E-state index is 12.7. The Morgan fingerprint density at radius 2 is 1.59 bits per heavy atom. The lowest BCUT2D eigenvalue weighted by Gasteiger charge is -2.17. The number of hydrogen-bond donors (Lipinski definition) is 2. The molecule has 2 amide bonds. The highest BCUT2D eigenvalue weighted by Crippen LogP contribution is 2.29. The fraction of sp³-hybridized carbons (Fsp3) is 0.130. The number of nitrogens with one attached hydrogen (secondary N) is 1. The molecule has 0 aliphatic carbocycles. The number of primary amides is 1. The van der Waals surface area contributed by atoms with E-state index >= 15 is 0 Å². The van der Waals surface area contributed by atoms with Crippen molar-refractivity contribution in [2.45, 2.75) is 12.6 Å². The van der Waals surface area contributed by atoms with E-state index in [0.29, 0.717) is 29.2 Å². The lowest BCUT2D eigenvalue weighted by atomic mass is 10.1. The predicted molar refractivity (Wildman–Crippen MR) is 110 cm³/mol. The van der Waals surface area contributed by atoms with Gasteiger partial charge in [-0.05, 0) is 29.3 Å². The highest BCUT2D eigenvalue weighted by Gasteiger charge is 2.21. The van der Waals surface area contributed by atoms with Gasteiger partial charge >= 0.3 is 0 Å². The first-order valence-electron chi connectivity index (χ1n) is 9.08. The molecule has 1 atom stereocenters. The fourth-order valence-corrected chi connectivity index (χ4v) is 2.84. The predicted octanol–water partition coefficient (Wildman–Crippen LogP) is 3.23. The van der Waals surface area contributed by atoms with Gasteiger partial charge in [0.25, 0.3) is 5.91 Å². The molecule has 0 fully saturated rings.